The van der Waals surface area contributed by atoms with Crippen LogP contribution in [0.4, 0.5) is 0 Å². The molecule has 0 radical (unpaired) electrons. The molecule has 0 bridgehead atoms. The summed E-state index contributed by atoms with van der Waals surface area (Å²) in [5.74, 6) is -0.865. The summed E-state index contributed by atoms with van der Waals surface area (Å²) >= 11 is 0. The second-order valence-corrected chi connectivity index (χ2v) is 23.4. The lowest BCUT2D eigenvalue weighted by atomic mass is 10.0. The van der Waals surface area contributed by atoms with Gasteiger partial charge in [-0.15, -0.1) is 0 Å². The number of rotatable bonds is 64. The zero-order valence-electron chi connectivity index (χ0n) is 53.3. The van der Waals surface area contributed by atoms with Gasteiger partial charge in [0.15, 0.2) is 6.10 Å². The van der Waals surface area contributed by atoms with Crippen LogP contribution in [0.15, 0.2) is 72.9 Å². The molecule has 0 aromatic heterocycles. The number of hydrogen-bond acceptors (Lipinski definition) is 6. The molecule has 6 heteroatoms. The van der Waals surface area contributed by atoms with Gasteiger partial charge in [-0.25, -0.2) is 0 Å². The lowest BCUT2D eigenvalue weighted by Crippen LogP contribution is -2.30. The molecule has 80 heavy (non-hydrogen) atoms. The van der Waals surface area contributed by atoms with Gasteiger partial charge >= 0.3 is 17.9 Å². The van der Waals surface area contributed by atoms with E-state index in [1.165, 1.54) is 231 Å². The minimum atomic E-state index is -0.779. The van der Waals surface area contributed by atoms with Crippen molar-refractivity contribution in [3.05, 3.63) is 72.9 Å². The maximum absolute atomic E-state index is 12.9. The Hall–Kier alpha value is -3.15. The summed E-state index contributed by atoms with van der Waals surface area (Å²) in [6, 6.07) is 0. The molecular weight excluding hydrogens is 985 g/mol. The largest absolute Gasteiger partial charge is 0.462 e. The first-order valence-electron chi connectivity index (χ1n) is 34.9. The minimum Gasteiger partial charge on any atom is -0.462 e. The van der Waals surface area contributed by atoms with E-state index in [4.69, 9.17) is 14.2 Å². The van der Waals surface area contributed by atoms with Gasteiger partial charge in [-0.2, -0.15) is 0 Å². The van der Waals surface area contributed by atoms with Crippen molar-refractivity contribution in [2.75, 3.05) is 13.2 Å². The third-order valence-electron chi connectivity index (χ3n) is 15.4. The molecule has 0 aliphatic rings. The molecule has 0 saturated carbocycles. The number of ether oxygens (including phenoxy) is 3. The minimum absolute atomic E-state index is 0.0750. The number of allylic oxidation sites excluding steroid dienone is 12. The predicted molar refractivity (Wildman–Crippen MR) is 348 cm³/mol. The Morgan fingerprint density at radius 1 is 0.263 bits per heavy atom. The highest BCUT2D eigenvalue weighted by atomic mass is 16.6. The van der Waals surface area contributed by atoms with Gasteiger partial charge in [0.1, 0.15) is 13.2 Å². The molecule has 1 unspecified atom stereocenters. The number of carbonyl (C=O) groups is 3. The zero-order valence-corrected chi connectivity index (χ0v) is 53.3. The summed E-state index contributed by atoms with van der Waals surface area (Å²) in [5.41, 5.74) is 0. The van der Waals surface area contributed by atoms with Gasteiger partial charge in [0.05, 0.1) is 0 Å². The summed E-state index contributed by atoms with van der Waals surface area (Å²) in [6.07, 6.45) is 89.3. The molecule has 6 nitrogen and oxygen atoms in total. The quantitative estimate of drug-likeness (QED) is 0.0261. The first-order chi connectivity index (χ1) is 39.5. The zero-order chi connectivity index (χ0) is 57.8. The smallest absolute Gasteiger partial charge is 0.306 e. The van der Waals surface area contributed by atoms with Crippen molar-refractivity contribution in [3.63, 3.8) is 0 Å². The average molecular weight is 1120 g/mol. The van der Waals surface area contributed by atoms with Crippen LogP contribution in [0, 0.1) is 0 Å². The standard InChI is InChI=1S/C74H132O6/c1-4-7-10-13-16-19-22-25-28-30-32-33-34-35-36-37-38-39-40-41-43-44-46-49-52-55-58-61-64-67-73(76)79-70-71(69-78-72(75)66-63-60-57-54-51-48-27-24-21-18-15-12-9-6-3)80-74(77)68-65-62-59-56-53-50-47-45-42-31-29-26-23-20-17-14-11-8-5-2/h7,10,16,19,24-29,32-33,71H,4-6,8-9,11-15,17-18,20-23,30-31,34-70H2,1-3H3/b10-7-,19-16-,27-24-,28-25-,29-26-,33-32-. The first-order valence-corrected chi connectivity index (χ1v) is 34.9. The molecule has 0 aromatic rings. The van der Waals surface area contributed by atoms with Crippen LogP contribution < -0.4 is 0 Å². The second kappa shape index (κ2) is 68.3. The molecule has 0 rings (SSSR count). The molecule has 0 fully saturated rings. The van der Waals surface area contributed by atoms with Crippen LogP contribution in [0.5, 0.6) is 0 Å². The fraction of sp³-hybridized carbons (Fsp3) is 0.797. The van der Waals surface area contributed by atoms with E-state index in [-0.39, 0.29) is 31.1 Å². The van der Waals surface area contributed by atoms with E-state index in [9.17, 15) is 14.4 Å². The predicted octanol–water partition coefficient (Wildman–Crippen LogP) is 24.1. The molecule has 0 saturated heterocycles. The topological polar surface area (TPSA) is 78.9 Å². The summed E-state index contributed by atoms with van der Waals surface area (Å²) in [6.45, 7) is 6.56. The highest BCUT2D eigenvalue weighted by Crippen LogP contribution is 2.17. The Balaban J connectivity index is 4.24. The molecule has 0 spiro atoms. The van der Waals surface area contributed by atoms with Gasteiger partial charge in [-0.05, 0) is 109 Å². The van der Waals surface area contributed by atoms with Crippen molar-refractivity contribution in [1.29, 1.82) is 0 Å². The summed E-state index contributed by atoms with van der Waals surface area (Å²) in [4.78, 5) is 38.4. The van der Waals surface area contributed by atoms with Crippen LogP contribution in [-0.4, -0.2) is 37.2 Å². The molecule has 0 amide bonds. The fourth-order valence-corrected chi connectivity index (χ4v) is 10.2. The van der Waals surface area contributed by atoms with Crippen LogP contribution in [0.2, 0.25) is 0 Å². The second-order valence-electron chi connectivity index (χ2n) is 23.4. The van der Waals surface area contributed by atoms with Gasteiger partial charge in [0.2, 0.25) is 0 Å². The van der Waals surface area contributed by atoms with Gasteiger partial charge in [-0.1, -0.05) is 306 Å². The van der Waals surface area contributed by atoms with E-state index in [0.29, 0.717) is 19.3 Å². The molecule has 464 valence electrons. The van der Waals surface area contributed by atoms with E-state index in [1.54, 1.807) is 0 Å². The monoisotopic (exact) mass is 1120 g/mol. The van der Waals surface area contributed by atoms with Crippen LogP contribution in [-0.2, 0) is 28.6 Å². The Labute approximate surface area is 497 Å². The SMILES string of the molecule is CC/C=C\C/C=C\C/C=C\C/C=C\CCCCCCCCCCCCCCCCCCC(=O)OCC(COC(=O)CCCCCCC/C=C\CCCCCCC)OC(=O)CCCCCCCCCCC/C=C\CCCCCCCC. The summed E-state index contributed by atoms with van der Waals surface area (Å²) < 4.78 is 17.0. The van der Waals surface area contributed by atoms with Gasteiger partial charge in [0, 0.05) is 19.3 Å². The molecule has 0 aliphatic carbocycles. The highest BCUT2D eigenvalue weighted by molar-refractivity contribution is 5.71. The number of esters is 3. The maximum atomic E-state index is 12.9. The van der Waals surface area contributed by atoms with Gasteiger partial charge in [0.25, 0.3) is 0 Å². The lowest BCUT2D eigenvalue weighted by Gasteiger charge is -2.18. The van der Waals surface area contributed by atoms with Gasteiger partial charge in [-0.3, -0.25) is 14.4 Å². The molecule has 0 aromatic carbocycles. The molecule has 0 heterocycles. The molecule has 1 atom stereocenters. The Morgan fingerprint density at radius 2 is 0.487 bits per heavy atom. The van der Waals surface area contributed by atoms with Crippen LogP contribution in [0.1, 0.15) is 361 Å². The van der Waals surface area contributed by atoms with Crippen molar-refractivity contribution in [2.24, 2.45) is 0 Å². The number of unbranched alkanes of at least 4 members (excludes halogenated alkanes) is 41. The molecule has 0 N–H and O–H groups in total. The van der Waals surface area contributed by atoms with Crippen molar-refractivity contribution in [1.82, 2.24) is 0 Å². The van der Waals surface area contributed by atoms with Gasteiger partial charge < -0.3 is 14.2 Å². The third-order valence-corrected chi connectivity index (χ3v) is 15.4. The Bertz CT molecular complexity index is 1470. The van der Waals surface area contributed by atoms with E-state index < -0.39 is 6.10 Å². The van der Waals surface area contributed by atoms with Crippen molar-refractivity contribution < 1.29 is 28.6 Å². The van der Waals surface area contributed by atoms with Crippen LogP contribution in [0.25, 0.3) is 0 Å². The van der Waals surface area contributed by atoms with E-state index in [2.05, 4.69) is 93.7 Å². The molecular formula is C74H132O6. The summed E-state index contributed by atoms with van der Waals surface area (Å²) in [5, 5.41) is 0. The lowest BCUT2D eigenvalue weighted by molar-refractivity contribution is -0.167. The van der Waals surface area contributed by atoms with E-state index in [0.717, 1.165) is 89.9 Å². The van der Waals surface area contributed by atoms with Crippen LogP contribution >= 0.6 is 0 Å². The highest BCUT2D eigenvalue weighted by Gasteiger charge is 2.19. The first kappa shape index (κ1) is 76.9. The third kappa shape index (κ3) is 65.7. The Morgan fingerprint density at radius 3 is 0.775 bits per heavy atom. The maximum Gasteiger partial charge on any atom is 0.306 e. The van der Waals surface area contributed by atoms with Crippen molar-refractivity contribution in [2.45, 2.75) is 367 Å². The van der Waals surface area contributed by atoms with E-state index >= 15 is 0 Å². The molecule has 0 aliphatic heterocycles. The van der Waals surface area contributed by atoms with Crippen molar-refractivity contribution >= 4 is 17.9 Å². The fourth-order valence-electron chi connectivity index (χ4n) is 10.2. The van der Waals surface area contributed by atoms with Crippen molar-refractivity contribution in [3.8, 4) is 0 Å². The van der Waals surface area contributed by atoms with E-state index in [1.807, 2.05) is 0 Å². The number of carbonyl (C=O) groups excluding carboxylic acids is 3. The Kier molecular flexibility index (Phi) is 65.7. The number of hydrogen-bond donors (Lipinski definition) is 0. The van der Waals surface area contributed by atoms with Crippen LogP contribution in [0.3, 0.4) is 0 Å². The average Bonchev–Trinajstić information content (AvgIpc) is 3.46. The summed E-state index contributed by atoms with van der Waals surface area (Å²) in [7, 11) is 0. The normalized spacial score (nSPS) is 12.5.